The zero-order valence-corrected chi connectivity index (χ0v) is 18.7. The van der Waals surface area contributed by atoms with Gasteiger partial charge >= 0.3 is 5.97 Å². The SMILES string of the molecule is C[C@H](OC(=O)C1CCN(S(=O)(=O)c2ccccc2F)CC1)C(=O)Nc1ccc(C(N)=O)cc1. The molecule has 0 unspecified atom stereocenters. The van der Waals surface area contributed by atoms with Crippen LogP contribution in [0.1, 0.15) is 30.1 Å². The van der Waals surface area contributed by atoms with Crippen LogP contribution in [0.5, 0.6) is 0 Å². The molecule has 0 spiro atoms. The van der Waals surface area contributed by atoms with E-state index in [1.54, 1.807) is 0 Å². The van der Waals surface area contributed by atoms with Crippen molar-refractivity contribution >= 4 is 33.5 Å². The first kappa shape index (κ1) is 24.3. The first-order valence-corrected chi connectivity index (χ1v) is 11.7. The largest absolute Gasteiger partial charge is 0.452 e. The van der Waals surface area contributed by atoms with E-state index in [9.17, 15) is 27.2 Å². The predicted octanol–water partition coefficient (Wildman–Crippen LogP) is 1.90. The van der Waals surface area contributed by atoms with Crippen molar-refractivity contribution in [2.24, 2.45) is 11.7 Å². The van der Waals surface area contributed by atoms with Gasteiger partial charge in [0, 0.05) is 24.3 Å². The van der Waals surface area contributed by atoms with Crippen LogP contribution in [0, 0.1) is 11.7 Å². The number of benzene rings is 2. The minimum absolute atomic E-state index is 0.0310. The molecule has 33 heavy (non-hydrogen) atoms. The molecule has 9 nitrogen and oxygen atoms in total. The molecule has 1 saturated heterocycles. The molecule has 0 radical (unpaired) electrons. The summed E-state index contributed by atoms with van der Waals surface area (Å²) in [5, 5.41) is 2.58. The van der Waals surface area contributed by atoms with Gasteiger partial charge in [0.2, 0.25) is 15.9 Å². The number of primary amides is 1. The molecule has 2 aromatic carbocycles. The molecule has 1 aliphatic rings. The molecule has 2 amide bonds. The Morgan fingerprint density at radius 2 is 1.70 bits per heavy atom. The van der Waals surface area contributed by atoms with Crippen molar-refractivity contribution in [3.05, 3.63) is 59.9 Å². The van der Waals surface area contributed by atoms with Crippen molar-refractivity contribution in [3.63, 3.8) is 0 Å². The number of nitrogens with one attached hydrogen (secondary N) is 1. The normalized spacial score (nSPS) is 16.1. The second-order valence-electron chi connectivity index (χ2n) is 7.62. The lowest BCUT2D eigenvalue weighted by Gasteiger charge is -2.30. The number of sulfonamides is 1. The third kappa shape index (κ3) is 5.74. The van der Waals surface area contributed by atoms with Crippen LogP contribution < -0.4 is 11.1 Å². The number of amides is 2. The number of anilines is 1. The summed E-state index contributed by atoms with van der Waals surface area (Å²) in [6, 6.07) is 11.0. The summed E-state index contributed by atoms with van der Waals surface area (Å²) in [4.78, 5) is 35.5. The summed E-state index contributed by atoms with van der Waals surface area (Å²) in [6.07, 6.45) is -0.710. The van der Waals surface area contributed by atoms with Crippen LogP contribution in [-0.2, 0) is 24.3 Å². The third-order valence-electron chi connectivity index (χ3n) is 5.34. The second kappa shape index (κ2) is 10.1. The molecule has 11 heteroatoms. The van der Waals surface area contributed by atoms with E-state index in [2.05, 4.69) is 5.32 Å². The van der Waals surface area contributed by atoms with Crippen molar-refractivity contribution in [1.82, 2.24) is 4.31 Å². The Morgan fingerprint density at radius 1 is 1.09 bits per heavy atom. The van der Waals surface area contributed by atoms with E-state index in [1.165, 1.54) is 49.4 Å². The van der Waals surface area contributed by atoms with Gasteiger partial charge < -0.3 is 15.8 Å². The molecular weight excluding hydrogens is 453 g/mol. The van der Waals surface area contributed by atoms with Crippen LogP contribution in [0.3, 0.4) is 0 Å². The number of hydrogen-bond acceptors (Lipinski definition) is 6. The number of halogens is 1. The maximum Gasteiger partial charge on any atom is 0.309 e. The standard InChI is InChI=1S/C22H24FN3O6S/c1-14(21(28)25-17-8-6-15(7-9-17)20(24)27)32-22(29)16-10-12-26(13-11-16)33(30,31)19-5-3-2-4-18(19)23/h2-9,14,16H,10-13H2,1H3,(H2,24,27)(H,25,28)/t14-/m0/s1. The summed E-state index contributed by atoms with van der Waals surface area (Å²) in [6.45, 7) is 1.48. The first-order chi connectivity index (χ1) is 15.6. The Hall–Kier alpha value is -3.31. The highest BCUT2D eigenvalue weighted by Crippen LogP contribution is 2.26. The number of rotatable bonds is 7. The van der Waals surface area contributed by atoms with Gasteiger partial charge in [-0.25, -0.2) is 12.8 Å². The van der Waals surface area contributed by atoms with Crippen LogP contribution in [-0.4, -0.2) is 49.7 Å². The molecule has 0 bridgehead atoms. The maximum absolute atomic E-state index is 13.9. The number of ether oxygens (including phenoxy) is 1. The number of nitrogens with two attached hydrogens (primary N) is 1. The molecule has 0 saturated carbocycles. The fourth-order valence-electron chi connectivity index (χ4n) is 3.41. The van der Waals surface area contributed by atoms with E-state index in [0.717, 1.165) is 10.4 Å². The zero-order chi connectivity index (χ0) is 24.2. The quantitative estimate of drug-likeness (QED) is 0.585. The molecular formula is C22H24FN3O6S. The number of nitrogens with zero attached hydrogens (tertiary/aromatic N) is 1. The highest BCUT2D eigenvalue weighted by atomic mass is 32.2. The van der Waals surface area contributed by atoms with Crippen LogP contribution in [0.2, 0.25) is 0 Å². The lowest BCUT2D eigenvalue weighted by molar-refractivity contribution is -0.158. The highest BCUT2D eigenvalue weighted by Gasteiger charge is 2.35. The van der Waals surface area contributed by atoms with Gasteiger partial charge in [0.25, 0.3) is 5.91 Å². The first-order valence-electron chi connectivity index (χ1n) is 10.3. The number of carbonyl (C=O) groups excluding carboxylic acids is 3. The Balaban J connectivity index is 1.52. The van der Waals surface area contributed by atoms with Gasteiger partial charge in [-0.3, -0.25) is 14.4 Å². The lowest BCUT2D eigenvalue weighted by atomic mass is 9.98. The summed E-state index contributed by atoms with van der Waals surface area (Å²) >= 11 is 0. The molecule has 1 heterocycles. The Bertz CT molecular complexity index is 1140. The van der Waals surface area contributed by atoms with Crippen LogP contribution in [0.25, 0.3) is 0 Å². The molecule has 3 rings (SSSR count). The second-order valence-corrected chi connectivity index (χ2v) is 9.53. The average molecular weight is 478 g/mol. The fourth-order valence-corrected chi connectivity index (χ4v) is 4.95. The van der Waals surface area contributed by atoms with Crippen molar-refractivity contribution in [1.29, 1.82) is 0 Å². The average Bonchev–Trinajstić information content (AvgIpc) is 2.79. The third-order valence-corrected chi connectivity index (χ3v) is 7.27. The number of esters is 1. The van der Waals surface area contributed by atoms with Crippen molar-refractivity contribution in [2.45, 2.75) is 30.8 Å². The van der Waals surface area contributed by atoms with E-state index in [4.69, 9.17) is 10.5 Å². The van der Waals surface area contributed by atoms with Crippen molar-refractivity contribution in [2.75, 3.05) is 18.4 Å². The Kier molecular flexibility index (Phi) is 7.44. The molecule has 2 aromatic rings. The van der Waals surface area contributed by atoms with E-state index in [1.807, 2.05) is 0 Å². The monoisotopic (exact) mass is 477 g/mol. The fraction of sp³-hybridized carbons (Fsp3) is 0.318. The van der Waals surface area contributed by atoms with Gasteiger partial charge in [-0.1, -0.05) is 12.1 Å². The van der Waals surface area contributed by atoms with E-state index in [0.29, 0.717) is 5.69 Å². The Morgan fingerprint density at radius 3 is 2.27 bits per heavy atom. The van der Waals surface area contributed by atoms with Gasteiger partial charge in [0.15, 0.2) is 6.10 Å². The summed E-state index contributed by atoms with van der Waals surface area (Å²) in [5.74, 6) is -3.17. The van der Waals surface area contributed by atoms with Crippen molar-refractivity contribution in [3.8, 4) is 0 Å². The lowest BCUT2D eigenvalue weighted by Crippen LogP contribution is -2.42. The van der Waals surface area contributed by atoms with E-state index < -0.39 is 50.5 Å². The number of carbonyl (C=O) groups is 3. The summed E-state index contributed by atoms with van der Waals surface area (Å²) < 4.78 is 45.7. The van der Waals surface area contributed by atoms with E-state index in [-0.39, 0.29) is 31.5 Å². The van der Waals surface area contributed by atoms with Crippen LogP contribution in [0.15, 0.2) is 53.4 Å². The smallest absolute Gasteiger partial charge is 0.309 e. The number of piperidine rings is 1. The van der Waals surface area contributed by atoms with Crippen molar-refractivity contribution < 1.29 is 31.9 Å². The molecule has 1 atom stereocenters. The summed E-state index contributed by atoms with van der Waals surface area (Å²) in [7, 11) is -4.01. The molecule has 0 aromatic heterocycles. The molecule has 0 aliphatic carbocycles. The predicted molar refractivity (Wildman–Crippen MR) is 117 cm³/mol. The maximum atomic E-state index is 13.9. The van der Waals surface area contributed by atoms with Gasteiger partial charge in [-0.2, -0.15) is 4.31 Å². The van der Waals surface area contributed by atoms with Crippen LogP contribution in [0.4, 0.5) is 10.1 Å². The number of hydrogen-bond donors (Lipinski definition) is 2. The van der Waals surface area contributed by atoms with Crippen LogP contribution >= 0.6 is 0 Å². The molecule has 1 aliphatic heterocycles. The molecule has 176 valence electrons. The molecule has 1 fully saturated rings. The zero-order valence-electron chi connectivity index (χ0n) is 17.9. The minimum Gasteiger partial charge on any atom is -0.452 e. The summed E-state index contributed by atoms with van der Waals surface area (Å²) in [5.41, 5.74) is 5.86. The highest BCUT2D eigenvalue weighted by molar-refractivity contribution is 7.89. The van der Waals surface area contributed by atoms with E-state index >= 15 is 0 Å². The van der Waals surface area contributed by atoms with Gasteiger partial charge in [0.1, 0.15) is 10.7 Å². The minimum atomic E-state index is -4.01. The topological polar surface area (TPSA) is 136 Å². The molecule has 3 N–H and O–H groups in total. The Labute approximate surface area is 190 Å². The van der Waals surface area contributed by atoms with Gasteiger partial charge in [-0.15, -0.1) is 0 Å². The van der Waals surface area contributed by atoms with Gasteiger partial charge in [0.05, 0.1) is 5.92 Å². The van der Waals surface area contributed by atoms with Gasteiger partial charge in [-0.05, 0) is 56.2 Å².